The van der Waals surface area contributed by atoms with Crippen molar-refractivity contribution < 1.29 is 13.0 Å². The van der Waals surface area contributed by atoms with E-state index >= 15 is 0 Å². The molecule has 0 aromatic carbocycles. The maximum atomic E-state index is 9.96. The van der Waals surface area contributed by atoms with Crippen molar-refractivity contribution in [2.45, 2.75) is 6.92 Å². The van der Waals surface area contributed by atoms with E-state index in [1.165, 1.54) is 6.92 Å². The van der Waals surface area contributed by atoms with E-state index < -0.39 is 10.1 Å². The first-order valence-corrected chi connectivity index (χ1v) is 3.07. The van der Waals surface area contributed by atoms with Crippen molar-refractivity contribution in [1.82, 2.24) is 0 Å². The molecule has 0 bridgehead atoms. The molecule has 0 saturated carbocycles. The summed E-state index contributed by atoms with van der Waals surface area (Å²) in [5.41, 5.74) is 0. The van der Waals surface area contributed by atoms with Crippen molar-refractivity contribution in [1.29, 1.82) is 1.43 Å². The van der Waals surface area contributed by atoms with Crippen molar-refractivity contribution in [3.05, 3.63) is 0 Å². The molecule has 0 heterocycles. The molecule has 0 aliphatic carbocycles. The van der Waals surface area contributed by atoms with Crippen molar-refractivity contribution in [3.63, 3.8) is 0 Å². The van der Waals surface area contributed by atoms with Crippen LogP contribution in [0.2, 0.25) is 0 Å². The van der Waals surface area contributed by atoms with Gasteiger partial charge in [0, 0.05) is 0 Å². The Morgan fingerprint density at radius 1 is 2.00 bits per heavy atom. The molecule has 0 aromatic heterocycles. The number of hydrogen-bond donors (Lipinski definition) is 1. The molecule has 0 rings (SSSR count). The second kappa shape index (κ2) is 1.57. The molecule has 0 aliphatic heterocycles. The summed E-state index contributed by atoms with van der Waals surface area (Å²) in [6, 6.07) is 0. The zero-order valence-corrected chi connectivity index (χ0v) is 4.16. The van der Waals surface area contributed by atoms with Gasteiger partial charge < -0.3 is 0 Å². The van der Waals surface area contributed by atoms with Gasteiger partial charge in [-0.15, -0.1) is 0 Å². The molecule has 0 aromatic rings. The smallest absolute Gasteiger partial charge is 0.264 e. The summed E-state index contributed by atoms with van der Waals surface area (Å²) in [5.74, 6) is -0.142. The summed E-state index contributed by atoms with van der Waals surface area (Å²) >= 11 is 0. The van der Waals surface area contributed by atoms with Crippen molar-refractivity contribution in [2.75, 3.05) is 5.75 Å². The predicted molar refractivity (Wildman–Crippen MR) is 22.1 cm³/mol. The Balaban J connectivity index is 3.89. The largest absolute Gasteiger partial charge is 0.286 e. The van der Waals surface area contributed by atoms with Gasteiger partial charge in [-0.1, -0.05) is 0 Å². The predicted octanol–water partition coefficient (Wildman–Crippen LogP) is -0.106. The highest BCUT2D eigenvalue weighted by Gasteiger charge is 1.93. The first kappa shape index (κ1) is 4.08. The van der Waals surface area contributed by atoms with Crippen LogP contribution < -0.4 is 0 Å². The highest BCUT2D eigenvalue weighted by Crippen LogP contribution is 1.74. The summed E-state index contributed by atoms with van der Waals surface area (Å²) in [6.45, 7) is 1.41. The van der Waals surface area contributed by atoms with Gasteiger partial charge >= 0.3 is 0 Å². The van der Waals surface area contributed by atoms with Gasteiger partial charge in [-0.05, 0) is 6.92 Å². The van der Waals surface area contributed by atoms with E-state index in [-0.39, 0.29) is 5.75 Å². The standard InChI is InChI=1S/C2H6O3S/c1-2-6(3,4)5/h2H2,1H3,(H,3,4,5)/i/hD. The minimum absolute atomic E-state index is 0.142. The van der Waals surface area contributed by atoms with E-state index in [0.717, 1.165) is 0 Å². The van der Waals surface area contributed by atoms with E-state index in [1.807, 2.05) is 0 Å². The van der Waals surface area contributed by atoms with Crippen LogP contribution in [0.15, 0.2) is 0 Å². The van der Waals surface area contributed by atoms with E-state index in [9.17, 15) is 8.42 Å². The molecular formula is C2H6O3S. The second-order valence-corrected chi connectivity index (χ2v) is 2.54. The quantitative estimate of drug-likeness (QED) is 0.506. The second-order valence-electron chi connectivity index (χ2n) is 0.846. The van der Waals surface area contributed by atoms with Gasteiger partial charge in [0.2, 0.25) is 1.43 Å². The van der Waals surface area contributed by atoms with Crippen LogP contribution in [0, 0.1) is 0 Å². The van der Waals surface area contributed by atoms with Gasteiger partial charge in [0.15, 0.2) is 0 Å². The zero-order chi connectivity index (χ0) is 5.91. The third-order valence-electron chi connectivity index (χ3n) is 0.354. The minimum atomic E-state index is -3.49. The van der Waals surface area contributed by atoms with Gasteiger partial charge in [-0.25, -0.2) is 0 Å². The van der Waals surface area contributed by atoms with Gasteiger partial charge in [-0.2, -0.15) is 8.42 Å². The molecule has 0 radical (unpaired) electrons. The van der Waals surface area contributed by atoms with Crippen LogP contribution in [0.25, 0.3) is 1.43 Å². The molecule has 0 amide bonds. The summed E-state index contributed by atoms with van der Waals surface area (Å²) in [5, 5.41) is 0. The van der Waals surface area contributed by atoms with E-state index in [1.54, 1.807) is 0 Å². The molecule has 0 saturated heterocycles. The van der Waals surface area contributed by atoms with Crippen molar-refractivity contribution in [3.8, 4) is 0 Å². The van der Waals surface area contributed by atoms with Gasteiger partial charge in [0.05, 0.1) is 5.75 Å². The monoisotopic (exact) mass is 111 g/mol. The third-order valence-corrected chi connectivity index (χ3v) is 1.06. The molecule has 38 valence electrons. The van der Waals surface area contributed by atoms with Gasteiger partial charge in [0.25, 0.3) is 10.1 Å². The Kier molecular flexibility index (Phi) is 1.07. The molecule has 0 fully saturated rings. The third kappa shape index (κ3) is 3.91. The Hall–Kier alpha value is -0.0900. The van der Waals surface area contributed by atoms with Gasteiger partial charge in [-0.3, -0.25) is 4.56 Å². The average Bonchev–Trinajstić information content (AvgIpc) is 1.68. The van der Waals surface area contributed by atoms with Crippen LogP contribution in [0.4, 0.5) is 0 Å². The van der Waals surface area contributed by atoms with Gasteiger partial charge in [0.1, 0.15) is 0 Å². The highest BCUT2D eigenvalue weighted by atomic mass is 32.2. The maximum absolute atomic E-state index is 9.96. The molecule has 0 atom stereocenters. The van der Waals surface area contributed by atoms with E-state index in [0.29, 0.717) is 0 Å². The Labute approximate surface area is 38.2 Å². The lowest BCUT2D eigenvalue weighted by molar-refractivity contribution is 0.484. The van der Waals surface area contributed by atoms with Crippen LogP contribution in [-0.4, -0.2) is 18.7 Å². The molecule has 0 spiro atoms. The van der Waals surface area contributed by atoms with Crippen molar-refractivity contribution in [2.24, 2.45) is 0 Å². The normalized spacial score (nSPS) is 13.8. The molecule has 0 aliphatic rings. The Morgan fingerprint density at radius 3 is 2.50 bits per heavy atom. The molecule has 0 unspecified atom stereocenters. The average molecular weight is 111 g/mol. The molecule has 1 N–H and O–H groups in total. The SMILES string of the molecule is [2H]OS(=O)(=O)CC. The molecule has 6 heavy (non-hydrogen) atoms. The Morgan fingerprint density at radius 2 is 2.50 bits per heavy atom. The summed E-state index contributed by atoms with van der Waals surface area (Å²) in [7, 11) is -3.49. The van der Waals surface area contributed by atoms with Crippen LogP contribution in [0.1, 0.15) is 6.92 Å². The fraction of sp³-hybridized carbons (Fsp3) is 1.00. The number of rotatable bonds is 2. The number of hydrogen-bond acceptors (Lipinski definition) is 3. The first-order chi connectivity index (χ1) is 3.12. The van der Waals surface area contributed by atoms with Crippen LogP contribution in [0.3, 0.4) is 0 Å². The van der Waals surface area contributed by atoms with E-state index in [2.05, 4.69) is 4.56 Å². The van der Waals surface area contributed by atoms with Crippen LogP contribution in [-0.2, 0) is 10.1 Å². The zero-order valence-electron chi connectivity index (χ0n) is 4.34. The van der Waals surface area contributed by atoms with Crippen LogP contribution >= 0.6 is 0 Å². The topological polar surface area (TPSA) is 54.4 Å². The fourth-order valence-electron chi connectivity index (χ4n) is 0. The summed E-state index contributed by atoms with van der Waals surface area (Å²) < 4.78 is 29.1. The lowest BCUT2D eigenvalue weighted by atomic mass is 11.0. The molecule has 3 nitrogen and oxygen atoms in total. The highest BCUT2D eigenvalue weighted by molar-refractivity contribution is 7.85. The fourth-order valence-corrected chi connectivity index (χ4v) is 0. The Bertz CT molecular complexity index is 116. The van der Waals surface area contributed by atoms with Crippen LogP contribution in [0.5, 0.6) is 0 Å². The lowest BCUT2D eigenvalue weighted by Crippen LogP contribution is -1.97. The molecular weight excluding hydrogens is 104 g/mol. The maximum Gasteiger partial charge on any atom is 0.264 e. The first-order valence-electron chi connectivity index (χ1n) is 1.90. The molecule has 4 heteroatoms. The minimum Gasteiger partial charge on any atom is -0.286 e. The summed E-state index contributed by atoms with van der Waals surface area (Å²) in [4.78, 5) is 0. The summed E-state index contributed by atoms with van der Waals surface area (Å²) in [6.07, 6.45) is 0. The van der Waals surface area contributed by atoms with E-state index in [4.69, 9.17) is 1.43 Å². The van der Waals surface area contributed by atoms with Crippen molar-refractivity contribution >= 4 is 10.1 Å². The lowest BCUT2D eigenvalue weighted by Gasteiger charge is -1.79.